The molecule has 2 aromatic heterocycles. The lowest BCUT2D eigenvalue weighted by Gasteiger charge is -1.91. The highest BCUT2D eigenvalue weighted by Gasteiger charge is 2.14. The minimum absolute atomic E-state index is 0.160. The minimum atomic E-state index is -1.00. The average Bonchev–Trinajstić information content (AvgIpc) is 2.92. The third-order valence-corrected chi connectivity index (χ3v) is 3.50. The maximum absolute atomic E-state index is 10.9. The van der Waals surface area contributed by atoms with Crippen LogP contribution in [0.25, 0.3) is 11.1 Å². The van der Waals surface area contributed by atoms with Crippen LogP contribution in [0.15, 0.2) is 37.5 Å². The summed E-state index contributed by atoms with van der Waals surface area (Å²) in [5.74, 6) is -0.256. The first-order chi connectivity index (χ1) is 9.52. The van der Waals surface area contributed by atoms with Crippen LogP contribution in [0.4, 0.5) is 0 Å². The fourth-order valence-electron chi connectivity index (χ4n) is 1.64. The number of aromatic carboxylic acids is 1. The minimum Gasteiger partial charge on any atom is -0.478 e. The summed E-state index contributed by atoms with van der Waals surface area (Å²) in [7, 11) is 0. The van der Waals surface area contributed by atoms with Crippen LogP contribution in [0.2, 0.25) is 0 Å². The van der Waals surface area contributed by atoms with Gasteiger partial charge in [-0.15, -0.1) is 0 Å². The summed E-state index contributed by atoms with van der Waals surface area (Å²) in [4.78, 5) is 19.4. The first-order valence-electron chi connectivity index (χ1n) is 5.78. The highest BCUT2D eigenvalue weighted by atomic mass is 32.2. The van der Waals surface area contributed by atoms with Gasteiger partial charge in [-0.3, -0.25) is 0 Å². The number of carboxylic acid groups (broad SMARTS) is 1. The molecular weight excluding hydrogens is 280 g/mol. The molecular formula is C13H10N2O4S. The lowest BCUT2D eigenvalue weighted by atomic mass is 10.2. The van der Waals surface area contributed by atoms with Crippen molar-refractivity contribution in [1.29, 1.82) is 0 Å². The number of fused-ring (bicyclic) bond motifs is 1. The van der Waals surface area contributed by atoms with Crippen LogP contribution in [0.3, 0.4) is 0 Å². The Morgan fingerprint density at radius 3 is 2.60 bits per heavy atom. The van der Waals surface area contributed by atoms with Gasteiger partial charge in [0, 0.05) is 11.8 Å². The van der Waals surface area contributed by atoms with Crippen molar-refractivity contribution >= 4 is 28.8 Å². The number of carboxylic acids is 1. The van der Waals surface area contributed by atoms with Crippen molar-refractivity contribution in [1.82, 2.24) is 9.97 Å². The molecule has 7 heteroatoms. The molecule has 3 aromatic rings. The van der Waals surface area contributed by atoms with E-state index >= 15 is 0 Å². The van der Waals surface area contributed by atoms with E-state index in [1.165, 1.54) is 12.1 Å². The van der Waals surface area contributed by atoms with Gasteiger partial charge in [-0.2, -0.15) is 0 Å². The van der Waals surface area contributed by atoms with Crippen molar-refractivity contribution in [2.75, 3.05) is 0 Å². The van der Waals surface area contributed by atoms with Gasteiger partial charge in [-0.05, 0) is 32.0 Å². The van der Waals surface area contributed by atoms with E-state index in [1.807, 2.05) is 13.8 Å². The second-order valence-electron chi connectivity index (χ2n) is 4.19. The first-order valence-corrected chi connectivity index (χ1v) is 6.60. The van der Waals surface area contributed by atoms with Crippen LogP contribution in [-0.2, 0) is 0 Å². The molecule has 0 aliphatic rings. The molecule has 1 N–H and O–H groups in total. The molecule has 1 aromatic carbocycles. The summed E-state index contributed by atoms with van der Waals surface area (Å²) in [6.07, 6.45) is 0. The highest BCUT2D eigenvalue weighted by Crippen LogP contribution is 2.30. The van der Waals surface area contributed by atoms with Crippen LogP contribution in [-0.4, -0.2) is 21.0 Å². The number of carbonyl (C=O) groups is 1. The fourth-order valence-corrected chi connectivity index (χ4v) is 2.42. The van der Waals surface area contributed by atoms with Crippen molar-refractivity contribution in [2.45, 2.75) is 24.3 Å². The fraction of sp³-hybridized carbons (Fsp3) is 0.154. The Kier molecular flexibility index (Phi) is 2.98. The molecule has 0 aliphatic heterocycles. The maximum atomic E-state index is 10.9. The van der Waals surface area contributed by atoms with Gasteiger partial charge in [0.05, 0.1) is 11.3 Å². The van der Waals surface area contributed by atoms with E-state index in [0.29, 0.717) is 21.5 Å². The summed E-state index contributed by atoms with van der Waals surface area (Å²) in [6.45, 7) is 3.69. The summed E-state index contributed by atoms with van der Waals surface area (Å²) in [6, 6.07) is 4.54. The summed E-state index contributed by atoms with van der Waals surface area (Å²) in [5, 5.41) is 9.74. The number of nitrogens with zero attached hydrogens (tertiary/aromatic N) is 2. The molecule has 102 valence electrons. The zero-order valence-electron chi connectivity index (χ0n) is 10.7. The SMILES string of the molecule is Cc1nc(Sc2nc3ccc(C(=O)O)cc3o2)oc1C. The summed E-state index contributed by atoms with van der Waals surface area (Å²) in [5.41, 5.74) is 2.00. The van der Waals surface area contributed by atoms with Crippen molar-refractivity contribution in [3.8, 4) is 0 Å². The Hall–Kier alpha value is -2.28. The topological polar surface area (TPSA) is 89.4 Å². The number of rotatable bonds is 3. The molecule has 0 radical (unpaired) electrons. The predicted molar refractivity (Wildman–Crippen MR) is 71.1 cm³/mol. The van der Waals surface area contributed by atoms with Crippen molar-refractivity contribution < 1.29 is 18.7 Å². The third-order valence-electron chi connectivity index (χ3n) is 2.80. The molecule has 0 unspecified atom stereocenters. The van der Waals surface area contributed by atoms with Crippen LogP contribution in [0, 0.1) is 13.8 Å². The first kappa shape index (κ1) is 12.7. The van der Waals surface area contributed by atoms with Crippen molar-refractivity contribution in [2.24, 2.45) is 0 Å². The van der Waals surface area contributed by atoms with Gasteiger partial charge in [-0.25, -0.2) is 14.8 Å². The largest absolute Gasteiger partial charge is 0.478 e. The van der Waals surface area contributed by atoms with E-state index in [2.05, 4.69) is 9.97 Å². The van der Waals surface area contributed by atoms with Gasteiger partial charge in [0.1, 0.15) is 11.3 Å². The molecule has 0 fully saturated rings. The van der Waals surface area contributed by atoms with Crippen molar-refractivity contribution in [3.05, 3.63) is 35.2 Å². The number of aromatic nitrogens is 2. The molecule has 2 heterocycles. The number of benzene rings is 1. The predicted octanol–water partition coefficient (Wildman–Crippen LogP) is 3.28. The molecule has 3 rings (SSSR count). The van der Waals surface area contributed by atoms with Gasteiger partial charge >= 0.3 is 5.97 Å². The average molecular weight is 290 g/mol. The van der Waals surface area contributed by atoms with E-state index < -0.39 is 5.97 Å². The van der Waals surface area contributed by atoms with Crippen LogP contribution >= 0.6 is 11.8 Å². The molecule has 0 spiro atoms. The Bertz CT molecular complexity index is 786. The van der Waals surface area contributed by atoms with Gasteiger partial charge in [-0.1, -0.05) is 0 Å². The number of hydrogen-bond donors (Lipinski definition) is 1. The number of aryl methyl sites for hydroxylation is 2. The van der Waals surface area contributed by atoms with Crippen molar-refractivity contribution in [3.63, 3.8) is 0 Å². The van der Waals surface area contributed by atoms with E-state index in [9.17, 15) is 4.79 Å². The monoisotopic (exact) mass is 290 g/mol. The zero-order chi connectivity index (χ0) is 14.3. The Labute approximate surface area is 117 Å². The molecule has 0 atom stereocenters. The molecule has 0 bridgehead atoms. The Morgan fingerprint density at radius 1 is 1.20 bits per heavy atom. The van der Waals surface area contributed by atoms with Crippen LogP contribution in [0.5, 0.6) is 0 Å². The molecule has 0 amide bonds. The summed E-state index contributed by atoms with van der Waals surface area (Å²) < 4.78 is 10.9. The van der Waals surface area contributed by atoms with Crippen LogP contribution < -0.4 is 0 Å². The second kappa shape index (κ2) is 4.68. The Balaban J connectivity index is 1.94. The van der Waals surface area contributed by atoms with Gasteiger partial charge in [0.2, 0.25) is 0 Å². The lowest BCUT2D eigenvalue weighted by Crippen LogP contribution is -1.94. The van der Waals surface area contributed by atoms with Gasteiger partial charge < -0.3 is 13.9 Å². The highest BCUT2D eigenvalue weighted by molar-refractivity contribution is 7.98. The van der Waals surface area contributed by atoms with Crippen LogP contribution in [0.1, 0.15) is 21.8 Å². The molecule has 0 saturated heterocycles. The summed E-state index contributed by atoms with van der Waals surface area (Å²) >= 11 is 1.16. The van der Waals surface area contributed by atoms with E-state index in [1.54, 1.807) is 6.07 Å². The Morgan fingerprint density at radius 2 is 1.95 bits per heavy atom. The molecule has 20 heavy (non-hydrogen) atoms. The third kappa shape index (κ3) is 2.27. The number of hydrogen-bond acceptors (Lipinski definition) is 6. The normalized spacial score (nSPS) is 11.1. The maximum Gasteiger partial charge on any atom is 0.335 e. The lowest BCUT2D eigenvalue weighted by molar-refractivity contribution is 0.0697. The van der Waals surface area contributed by atoms with E-state index in [0.717, 1.165) is 23.2 Å². The zero-order valence-corrected chi connectivity index (χ0v) is 11.5. The molecule has 0 saturated carbocycles. The standard InChI is InChI=1S/C13H10N2O4S/c1-6-7(2)18-12(14-6)20-13-15-9-4-3-8(11(16)17)5-10(9)19-13/h3-5H,1-2H3,(H,16,17). The second-order valence-corrected chi connectivity index (χ2v) is 5.09. The van der Waals surface area contributed by atoms with Gasteiger partial charge in [0.25, 0.3) is 10.4 Å². The van der Waals surface area contributed by atoms with E-state index in [4.69, 9.17) is 13.9 Å². The van der Waals surface area contributed by atoms with E-state index in [-0.39, 0.29) is 5.56 Å². The quantitative estimate of drug-likeness (QED) is 0.791. The smallest absolute Gasteiger partial charge is 0.335 e. The number of oxazole rings is 2. The molecule has 6 nitrogen and oxygen atoms in total. The molecule has 0 aliphatic carbocycles. The van der Waals surface area contributed by atoms with Gasteiger partial charge in [0.15, 0.2) is 5.58 Å².